The third-order valence-electron chi connectivity index (χ3n) is 1.32. The highest BCUT2D eigenvalue weighted by atomic mass is 35.5. The van der Waals surface area contributed by atoms with E-state index in [1.54, 1.807) is 0 Å². The lowest BCUT2D eigenvalue weighted by atomic mass is 10.0. The van der Waals surface area contributed by atoms with Crippen molar-refractivity contribution in [3.05, 3.63) is 12.2 Å². The summed E-state index contributed by atoms with van der Waals surface area (Å²) in [6.07, 6.45) is 5.17. The maximum absolute atomic E-state index is 8.99. The van der Waals surface area contributed by atoms with E-state index in [-0.39, 0.29) is 11.5 Å². The third-order valence-corrected chi connectivity index (χ3v) is 1.79. The van der Waals surface area contributed by atoms with Gasteiger partial charge in [0.05, 0.1) is 11.5 Å². The van der Waals surface area contributed by atoms with E-state index < -0.39 is 0 Å². The SMILES string of the molecule is O[C@H]1CC=CC[C@@H]1Cl. The minimum atomic E-state index is -0.318. The molecule has 1 N–H and O–H groups in total. The Morgan fingerprint density at radius 2 is 2.00 bits per heavy atom. The molecule has 0 aromatic heterocycles. The summed E-state index contributed by atoms with van der Waals surface area (Å²) < 4.78 is 0. The summed E-state index contributed by atoms with van der Waals surface area (Å²) in [7, 11) is 0. The molecule has 0 unspecified atom stereocenters. The van der Waals surface area contributed by atoms with E-state index in [4.69, 9.17) is 16.7 Å². The molecule has 0 bridgehead atoms. The van der Waals surface area contributed by atoms with Gasteiger partial charge in [-0.2, -0.15) is 0 Å². The smallest absolute Gasteiger partial charge is 0.0741 e. The Morgan fingerprint density at radius 1 is 1.38 bits per heavy atom. The molecule has 0 saturated heterocycles. The van der Waals surface area contributed by atoms with Crippen LogP contribution < -0.4 is 0 Å². The Kier molecular flexibility index (Phi) is 1.92. The number of halogens is 1. The van der Waals surface area contributed by atoms with Crippen molar-refractivity contribution in [1.82, 2.24) is 0 Å². The minimum absolute atomic E-state index is 0.0556. The zero-order valence-electron chi connectivity index (χ0n) is 4.55. The summed E-state index contributed by atoms with van der Waals surface area (Å²) in [5.41, 5.74) is 0. The summed E-state index contributed by atoms with van der Waals surface area (Å²) in [5, 5.41) is 8.94. The van der Waals surface area contributed by atoms with Gasteiger partial charge in [-0.1, -0.05) is 12.2 Å². The van der Waals surface area contributed by atoms with Crippen LogP contribution in [0.3, 0.4) is 0 Å². The molecule has 8 heavy (non-hydrogen) atoms. The number of allylic oxidation sites excluding steroid dienone is 1. The molecule has 0 heterocycles. The molecule has 0 spiro atoms. The fraction of sp³-hybridized carbons (Fsp3) is 0.667. The van der Waals surface area contributed by atoms with E-state index in [2.05, 4.69) is 0 Å². The fourth-order valence-corrected chi connectivity index (χ4v) is 0.972. The monoisotopic (exact) mass is 132 g/mol. The van der Waals surface area contributed by atoms with Crippen molar-refractivity contribution in [3.8, 4) is 0 Å². The predicted molar refractivity (Wildman–Crippen MR) is 34.0 cm³/mol. The van der Waals surface area contributed by atoms with Gasteiger partial charge in [0.1, 0.15) is 0 Å². The molecular formula is C6H9ClO. The Balaban J connectivity index is 2.44. The van der Waals surface area contributed by atoms with Gasteiger partial charge in [0.2, 0.25) is 0 Å². The molecule has 0 saturated carbocycles. The Labute approximate surface area is 54.0 Å². The summed E-state index contributed by atoms with van der Waals surface area (Å²) in [6.45, 7) is 0. The van der Waals surface area contributed by atoms with Crippen LogP contribution in [0.15, 0.2) is 12.2 Å². The largest absolute Gasteiger partial charge is 0.391 e. The molecule has 1 aliphatic carbocycles. The zero-order chi connectivity index (χ0) is 5.98. The van der Waals surface area contributed by atoms with Crippen molar-refractivity contribution in [1.29, 1.82) is 0 Å². The highest BCUT2D eigenvalue weighted by Crippen LogP contribution is 2.16. The first-order valence-electron chi connectivity index (χ1n) is 2.78. The van der Waals surface area contributed by atoms with Crippen molar-refractivity contribution >= 4 is 11.6 Å². The van der Waals surface area contributed by atoms with E-state index in [1.807, 2.05) is 12.2 Å². The fourth-order valence-electron chi connectivity index (χ4n) is 0.767. The van der Waals surface area contributed by atoms with Gasteiger partial charge in [-0.15, -0.1) is 11.6 Å². The van der Waals surface area contributed by atoms with Gasteiger partial charge in [-0.05, 0) is 12.8 Å². The lowest BCUT2D eigenvalue weighted by Gasteiger charge is -2.16. The summed E-state index contributed by atoms with van der Waals surface area (Å²) in [5.74, 6) is 0. The molecule has 0 aromatic rings. The molecular weight excluding hydrogens is 124 g/mol. The molecule has 0 fully saturated rings. The number of hydrogen-bond donors (Lipinski definition) is 1. The van der Waals surface area contributed by atoms with E-state index in [0.29, 0.717) is 6.42 Å². The van der Waals surface area contributed by atoms with Crippen molar-refractivity contribution in [2.45, 2.75) is 24.3 Å². The highest BCUT2D eigenvalue weighted by Gasteiger charge is 2.15. The summed E-state index contributed by atoms with van der Waals surface area (Å²) in [4.78, 5) is 0. The van der Waals surface area contributed by atoms with E-state index in [1.165, 1.54) is 0 Å². The van der Waals surface area contributed by atoms with Crippen molar-refractivity contribution in [3.63, 3.8) is 0 Å². The van der Waals surface area contributed by atoms with Crippen LogP contribution in [0, 0.1) is 0 Å². The maximum Gasteiger partial charge on any atom is 0.0741 e. The maximum atomic E-state index is 8.99. The van der Waals surface area contributed by atoms with Crippen LogP contribution in [0.25, 0.3) is 0 Å². The van der Waals surface area contributed by atoms with Gasteiger partial charge in [0.15, 0.2) is 0 Å². The van der Waals surface area contributed by atoms with Gasteiger partial charge >= 0.3 is 0 Å². The highest BCUT2D eigenvalue weighted by molar-refractivity contribution is 6.21. The zero-order valence-corrected chi connectivity index (χ0v) is 5.30. The van der Waals surface area contributed by atoms with Crippen molar-refractivity contribution < 1.29 is 5.11 Å². The molecule has 2 atom stereocenters. The molecule has 46 valence electrons. The molecule has 0 aromatic carbocycles. The van der Waals surface area contributed by atoms with Gasteiger partial charge < -0.3 is 5.11 Å². The second kappa shape index (κ2) is 2.51. The van der Waals surface area contributed by atoms with Gasteiger partial charge in [0, 0.05) is 0 Å². The van der Waals surface area contributed by atoms with Crippen molar-refractivity contribution in [2.75, 3.05) is 0 Å². The number of aliphatic hydroxyl groups is 1. The lowest BCUT2D eigenvalue weighted by Crippen LogP contribution is -2.21. The average molecular weight is 133 g/mol. The first-order chi connectivity index (χ1) is 3.80. The Hall–Kier alpha value is -0.0100. The Bertz CT molecular complexity index is 88.7. The molecule has 0 radical (unpaired) electrons. The molecule has 2 heteroatoms. The Morgan fingerprint density at radius 3 is 2.38 bits per heavy atom. The lowest BCUT2D eigenvalue weighted by molar-refractivity contribution is 0.168. The first kappa shape index (κ1) is 6.12. The van der Waals surface area contributed by atoms with Gasteiger partial charge in [-0.25, -0.2) is 0 Å². The average Bonchev–Trinajstić information content (AvgIpc) is 1.77. The van der Waals surface area contributed by atoms with Crippen LogP contribution in [0.2, 0.25) is 0 Å². The van der Waals surface area contributed by atoms with Crippen LogP contribution >= 0.6 is 11.6 Å². The third kappa shape index (κ3) is 1.23. The second-order valence-corrected chi connectivity index (χ2v) is 2.59. The number of rotatable bonds is 0. The summed E-state index contributed by atoms with van der Waals surface area (Å²) in [6, 6.07) is 0. The molecule has 1 rings (SSSR count). The number of hydrogen-bond acceptors (Lipinski definition) is 1. The van der Waals surface area contributed by atoms with Crippen LogP contribution in [-0.4, -0.2) is 16.6 Å². The van der Waals surface area contributed by atoms with Crippen LogP contribution in [0.5, 0.6) is 0 Å². The quantitative estimate of drug-likeness (QED) is 0.389. The second-order valence-electron chi connectivity index (χ2n) is 2.03. The predicted octanol–water partition coefficient (Wildman–Crippen LogP) is 1.30. The van der Waals surface area contributed by atoms with Crippen molar-refractivity contribution in [2.24, 2.45) is 0 Å². The molecule has 1 nitrogen and oxygen atoms in total. The van der Waals surface area contributed by atoms with E-state index >= 15 is 0 Å². The van der Waals surface area contributed by atoms with E-state index in [9.17, 15) is 0 Å². The standard InChI is InChI=1S/C6H9ClO/c7-5-3-1-2-4-6(5)8/h1-2,5-6,8H,3-4H2/t5-,6-/m0/s1. The minimum Gasteiger partial charge on any atom is -0.391 e. The normalized spacial score (nSPS) is 37.8. The summed E-state index contributed by atoms with van der Waals surface area (Å²) >= 11 is 5.67. The van der Waals surface area contributed by atoms with Gasteiger partial charge in [0.25, 0.3) is 0 Å². The van der Waals surface area contributed by atoms with Gasteiger partial charge in [-0.3, -0.25) is 0 Å². The topological polar surface area (TPSA) is 20.2 Å². The molecule has 0 aliphatic heterocycles. The van der Waals surface area contributed by atoms with Crippen LogP contribution in [-0.2, 0) is 0 Å². The first-order valence-corrected chi connectivity index (χ1v) is 3.21. The van der Waals surface area contributed by atoms with Crippen LogP contribution in [0.1, 0.15) is 12.8 Å². The molecule has 1 aliphatic rings. The van der Waals surface area contributed by atoms with E-state index in [0.717, 1.165) is 6.42 Å². The number of alkyl halides is 1. The number of aliphatic hydroxyl groups excluding tert-OH is 1. The van der Waals surface area contributed by atoms with Crippen LogP contribution in [0.4, 0.5) is 0 Å². The molecule has 0 amide bonds.